The molecule has 1 aliphatic rings. The molecule has 3 aromatic rings. The molecule has 2 aromatic carbocycles. The summed E-state index contributed by atoms with van der Waals surface area (Å²) in [5.41, 5.74) is 2.44. The number of benzene rings is 2. The van der Waals surface area contributed by atoms with Gasteiger partial charge in [-0.25, -0.2) is 13.2 Å². The number of esters is 1. The van der Waals surface area contributed by atoms with Crippen LogP contribution in [0.5, 0.6) is 0 Å². The van der Waals surface area contributed by atoms with Gasteiger partial charge in [0.15, 0.2) is 6.61 Å². The Bertz CT molecular complexity index is 1210. The highest BCUT2D eigenvalue weighted by Crippen LogP contribution is 2.24. The third-order valence-electron chi connectivity index (χ3n) is 4.96. The van der Waals surface area contributed by atoms with Crippen LogP contribution in [0.4, 0.5) is 5.69 Å². The van der Waals surface area contributed by atoms with Crippen molar-refractivity contribution < 1.29 is 22.7 Å². The SMILES string of the molecule is O=C(OCC(=O)N1CCc2ccccc2C1)c1ccccc1NS(=O)(=O)c1cccs1. The number of carbonyl (C=O) groups is 2. The average molecular weight is 457 g/mol. The van der Waals surface area contributed by atoms with Crippen molar-refractivity contribution in [2.45, 2.75) is 17.2 Å². The number of para-hydroxylation sites is 1. The number of ether oxygens (including phenoxy) is 1. The quantitative estimate of drug-likeness (QED) is 0.575. The summed E-state index contributed by atoms with van der Waals surface area (Å²) in [5, 5.41) is 1.65. The summed E-state index contributed by atoms with van der Waals surface area (Å²) in [4.78, 5) is 26.8. The largest absolute Gasteiger partial charge is 0.452 e. The highest BCUT2D eigenvalue weighted by molar-refractivity contribution is 7.94. The number of anilines is 1. The molecule has 2 heterocycles. The lowest BCUT2D eigenvalue weighted by atomic mass is 10.00. The molecule has 4 rings (SSSR count). The zero-order valence-electron chi connectivity index (χ0n) is 16.5. The van der Waals surface area contributed by atoms with E-state index in [0.717, 1.165) is 23.3 Å². The Labute approximate surface area is 184 Å². The summed E-state index contributed by atoms with van der Waals surface area (Å²) in [6.45, 7) is 0.626. The van der Waals surface area contributed by atoms with E-state index in [-0.39, 0.29) is 21.4 Å². The van der Waals surface area contributed by atoms with Gasteiger partial charge in [-0.1, -0.05) is 42.5 Å². The number of hydrogen-bond donors (Lipinski definition) is 1. The van der Waals surface area contributed by atoms with Crippen molar-refractivity contribution in [3.05, 3.63) is 82.7 Å². The lowest BCUT2D eigenvalue weighted by Gasteiger charge is -2.28. The molecule has 0 saturated carbocycles. The maximum absolute atomic E-state index is 12.6. The van der Waals surface area contributed by atoms with Gasteiger partial charge >= 0.3 is 5.97 Å². The van der Waals surface area contributed by atoms with Crippen LogP contribution in [0.2, 0.25) is 0 Å². The van der Waals surface area contributed by atoms with Gasteiger partial charge in [-0.05, 0) is 41.1 Å². The van der Waals surface area contributed by atoms with Crippen LogP contribution in [-0.4, -0.2) is 38.3 Å². The van der Waals surface area contributed by atoms with E-state index in [9.17, 15) is 18.0 Å². The Balaban J connectivity index is 1.41. The van der Waals surface area contributed by atoms with Crippen molar-refractivity contribution in [3.8, 4) is 0 Å². The summed E-state index contributed by atoms with van der Waals surface area (Å²) >= 11 is 1.07. The van der Waals surface area contributed by atoms with E-state index in [4.69, 9.17) is 4.74 Å². The number of amides is 1. The van der Waals surface area contributed by atoms with Crippen molar-refractivity contribution in [1.82, 2.24) is 4.90 Å². The normalized spacial score (nSPS) is 13.4. The molecule has 0 radical (unpaired) electrons. The lowest BCUT2D eigenvalue weighted by molar-refractivity contribution is -0.135. The summed E-state index contributed by atoms with van der Waals surface area (Å²) in [5.74, 6) is -1.06. The van der Waals surface area contributed by atoms with E-state index in [1.807, 2.05) is 24.3 Å². The second-order valence-corrected chi connectivity index (χ2v) is 9.85. The lowest BCUT2D eigenvalue weighted by Crippen LogP contribution is -2.38. The van der Waals surface area contributed by atoms with Crippen LogP contribution in [-0.2, 0) is 32.5 Å². The predicted octanol–water partition coefficient (Wildman–Crippen LogP) is 3.29. The highest BCUT2D eigenvalue weighted by atomic mass is 32.2. The van der Waals surface area contributed by atoms with Gasteiger partial charge < -0.3 is 9.64 Å². The minimum Gasteiger partial charge on any atom is -0.452 e. The van der Waals surface area contributed by atoms with E-state index in [1.165, 1.54) is 23.8 Å². The highest BCUT2D eigenvalue weighted by Gasteiger charge is 2.23. The molecule has 1 aromatic heterocycles. The molecule has 1 aliphatic heterocycles. The molecule has 0 saturated heterocycles. The van der Waals surface area contributed by atoms with Crippen LogP contribution in [0.1, 0.15) is 21.5 Å². The summed E-state index contributed by atoms with van der Waals surface area (Å²) < 4.78 is 32.8. The Morgan fingerprint density at radius 3 is 2.52 bits per heavy atom. The Morgan fingerprint density at radius 1 is 1.00 bits per heavy atom. The Morgan fingerprint density at radius 2 is 1.74 bits per heavy atom. The van der Waals surface area contributed by atoms with Crippen LogP contribution in [0.25, 0.3) is 0 Å². The van der Waals surface area contributed by atoms with Crippen molar-refractivity contribution in [3.63, 3.8) is 0 Å². The van der Waals surface area contributed by atoms with E-state index in [0.29, 0.717) is 13.1 Å². The predicted molar refractivity (Wildman–Crippen MR) is 117 cm³/mol. The number of fused-ring (bicyclic) bond motifs is 1. The second-order valence-electron chi connectivity index (χ2n) is 6.99. The van der Waals surface area contributed by atoms with Crippen LogP contribution in [0.3, 0.4) is 0 Å². The first-order chi connectivity index (χ1) is 14.9. The molecule has 1 amide bonds. The zero-order valence-corrected chi connectivity index (χ0v) is 18.1. The molecule has 7 nitrogen and oxygen atoms in total. The standard InChI is InChI=1S/C22H20N2O5S2/c25-20(24-12-11-16-6-1-2-7-17(16)14-24)15-29-22(26)18-8-3-4-9-19(18)23-31(27,28)21-10-5-13-30-21/h1-10,13,23H,11-12,14-15H2. The second kappa shape index (κ2) is 8.91. The topological polar surface area (TPSA) is 92.8 Å². The minimum absolute atomic E-state index is 0.0411. The number of carbonyl (C=O) groups excluding carboxylic acids is 2. The molecule has 0 spiro atoms. The number of thiophene rings is 1. The summed E-state index contributed by atoms with van der Waals surface area (Å²) in [6, 6.07) is 17.2. The van der Waals surface area contributed by atoms with E-state index in [1.54, 1.807) is 28.5 Å². The number of nitrogens with one attached hydrogen (secondary N) is 1. The molecular weight excluding hydrogens is 436 g/mol. The number of sulfonamides is 1. The molecule has 0 fully saturated rings. The van der Waals surface area contributed by atoms with Gasteiger partial charge in [-0.2, -0.15) is 0 Å². The molecule has 1 N–H and O–H groups in total. The van der Waals surface area contributed by atoms with Crippen LogP contribution >= 0.6 is 11.3 Å². The Hall–Kier alpha value is -3.17. The summed E-state index contributed by atoms with van der Waals surface area (Å²) in [6.07, 6.45) is 0.753. The van der Waals surface area contributed by atoms with Crippen LogP contribution < -0.4 is 4.72 Å². The third-order valence-corrected chi connectivity index (χ3v) is 7.72. The van der Waals surface area contributed by atoms with Crippen molar-refractivity contribution in [1.29, 1.82) is 0 Å². The molecule has 31 heavy (non-hydrogen) atoms. The number of rotatable bonds is 6. The molecule has 0 bridgehead atoms. The molecule has 0 unspecified atom stereocenters. The summed E-state index contributed by atoms with van der Waals surface area (Å²) in [7, 11) is -3.82. The molecule has 160 valence electrons. The zero-order chi connectivity index (χ0) is 21.8. The molecular formula is C22H20N2O5S2. The van der Waals surface area contributed by atoms with Gasteiger partial charge in [0, 0.05) is 13.1 Å². The number of hydrogen-bond acceptors (Lipinski definition) is 6. The first kappa shape index (κ1) is 21.1. The fraction of sp³-hybridized carbons (Fsp3) is 0.182. The van der Waals surface area contributed by atoms with Gasteiger partial charge in [0.05, 0.1) is 11.3 Å². The van der Waals surface area contributed by atoms with E-state index >= 15 is 0 Å². The maximum atomic E-state index is 12.6. The smallest absolute Gasteiger partial charge is 0.340 e. The van der Waals surface area contributed by atoms with E-state index in [2.05, 4.69) is 4.72 Å². The first-order valence-electron chi connectivity index (χ1n) is 9.61. The minimum atomic E-state index is -3.82. The molecule has 0 atom stereocenters. The van der Waals surface area contributed by atoms with Crippen molar-refractivity contribution >= 4 is 38.9 Å². The van der Waals surface area contributed by atoms with E-state index < -0.39 is 22.6 Å². The molecule has 9 heteroatoms. The van der Waals surface area contributed by atoms with Crippen molar-refractivity contribution in [2.24, 2.45) is 0 Å². The fourth-order valence-electron chi connectivity index (χ4n) is 3.37. The van der Waals surface area contributed by atoms with Gasteiger partial charge in [0.1, 0.15) is 4.21 Å². The van der Waals surface area contributed by atoms with Gasteiger partial charge in [-0.15, -0.1) is 11.3 Å². The third kappa shape index (κ3) is 4.78. The van der Waals surface area contributed by atoms with Gasteiger partial charge in [0.2, 0.25) is 0 Å². The molecule has 0 aliphatic carbocycles. The van der Waals surface area contributed by atoms with Crippen LogP contribution in [0, 0.1) is 0 Å². The van der Waals surface area contributed by atoms with Crippen molar-refractivity contribution in [2.75, 3.05) is 17.9 Å². The Kier molecular flexibility index (Phi) is 6.06. The monoisotopic (exact) mass is 456 g/mol. The number of nitrogens with zero attached hydrogens (tertiary/aromatic N) is 1. The average Bonchev–Trinajstić information content (AvgIpc) is 3.33. The maximum Gasteiger partial charge on any atom is 0.340 e. The van der Waals surface area contributed by atoms with Crippen LogP contribution in [0.15, 0.2) is 70.3 Å². The first-order valence-corrected chi connectivity index (χ1v) is 12.0. The van der Waals surface area contributed by atoms with Gasteiger partial charge in [0.25, 0.3) is 15.9 Å². The fourth-order valence-corrected chi connectivity index (χ4v) is 5.44. The van der Waals surface area contributed by atoms with Gasteiger partial charge in [-0.3, -0.25) is 9.52 Å².